The lowest BCUT2D eigenvalue weighted by Crippen LogP contribution is -2.02. The molecule has 0 saturated heterocycles. The van der Waals surface area contributed by atoms with E-state index >= 15 is 0 Å². The summed E-state index contributed by atoms with van der Waals surface area (Å²) in [6.07, 6.45) is 2.08. The summed E-state index contributed by atoms with van der Waals surface area (Å²) in [6.45, 7) is 0. The molecule has 0 aliphatic heterocycles. The minimum atomic E-state index is 0.250. The van der Waals surface area contributed by atoms with E-state index < -0.39 is 0 Å². The van der Waals surface area contributed by atoms with E-state index in [1.165, 1.54) is 0 Å². The van der Waals surface area contributed by atoms with Crippen LogP contribution in [0.1, 0.15) is 23.2 Å². The Hall–Kier alpha value is -0.830. The Morgan fingerprint density at radius 3 is 2.71 bits per heavy atom. The maximum atomic E-state index is 11.8. The normalized spacial score (nSPS) is 15.3. The van der Waals surface area contributed by atoms with Gasteiger partial charge in [0.05, 0.1) is 7.11 Å². The van der Waals surface area contributed by atoms with E-state index in [4.69, 9.17) is 4.74 Å². The largest absolute Gasteiger partial charge is 0.497 e. The first-order valence-corrected chi connectivity index (χ1v) is 5.39. The topological polar surface area (TPSA) is 26.3 Å². The van der Waals surface area contributed by atoms with Gasteiger partial charge >= 0.3 is 0 Å². The molecule has 3 heteroatoms. The molecule has 0 unspecified atom stereocenters. The Labute approximate surface area is 91.4 Å². The molecule has 1 fully saturated rings. The predicted molar refractivity (Wildman–Crippen MR) is 57.7 cm³/mol. The highest BCUT2D eigenvalue weighted by molar-refractivity contribution is 9.10. The minimum absolute atomic E-state index is 0.250. The number of Topliss-reactive ketones (excluding diaryl/α,β-unsaturated/α-hetero) is 1. The molecular formula is C11H11BrO2. The van der Waals surface area contributed by atoms with Crippen molar-refractivity contribution in [2.75, 3.05) is 7.11 Å². The van der Waals surface area contributed by atoms with Crippen LogP contribution in [-0.4, -0.2) is 12.9 Å². The van der Waals surface area contributed by atoms with E-state index in [9.17, 15) is 4.79 Å². The summed E-state index contributed by atoms with van der Waals surface area (Å²) in [5, 5.41) is 0. The summed E-state index contributed by atoms with van der Waals surface area (Å²) in [7, 11) is 1.62. The highest BCUT2D eigenvalue weighted by atomic mass is 79.9. The van der Waals surface area contributed by atoms with E-state index in [0.717, 1.165) is 28.6 Å². The SMILES string of the molecule is COc1ccc(C(=O)C2CC2)c(Br)c1. The summed E-state index contributed by atoms with van der Waals surface area (Å²) in [4.78, 5) is 11.8. The van der Waals surface area contributed by atoms with Crippen LogP contribution < -0.4 is 4.74 Å². The third-order valence-electron chi connectivity index (χ3n) is 2.39. The van der Waals surface area contributed by atoms with Gasteiger partial charge in [0.15, 0.2) is 5.78 Å². The summed E-state index contributed by atoms with van der Waals surface area (Å²) in [6, 6.07) is 5.47. The highest BCUT2D eigenvalue weighted by Crippen LogP contribution is 2.35. The minimum Gasteiger partial charge on any atom is -0.497 e. The van der Waals surface area contributed by atoms with Crippen molar-refractivity contribution in [3.8, 4) is 5.75 Å². The molecule has 1 aliphatic rings. The van der Waals surface area contributed by atoms with Crippen LogP contribution in [0.4, 0.5) is 0 Å². The van der Waals surface area contributed by atoms with Crippen LogP contribution in [-0.2, 0) is 0 Å². The highest BCUT2D eigenvalue weighted by Gasteiger charge is 2.31. The average molecular weight is 255 g/mol. The third kappa shape index (κ3) is 1.82. The van der Waals surface area contributed by atoms with Crippen LogP contribution >= 0.6 is 15.9 Å². The van der Waals surface area contributed by atoms with Crippen molar-refractivity contribution in [1.82, 2.24) is 0 Å². The van der Waals surface area contributed by atoms with Crippen molar-refractivity contribution in [2.24, 2.45) is 5.92 Å². The van der Waals surface area contributed by atoms with Crippen LogP contribution in [0, 0.1) is 5.92 Å². The van der Waals surface area contributed by atoms with Crippen molar-refractivity contribution < 1.29 is 9.53 Å². The predicted octanol–water partition coefficient (Wildman–Crippen LogP) is 3.05. The van der Waals surface area contributed by atoms with Gasteiger partial charge in [-0.15, -0.1) is 0 Å². The number of ketones is 1. The molecule has 1 aromatic rings. The Balaban J connectivity index is 2.29. The maximum Gasteiger partial charge on any atom is 0.167 e. The Kier molecular flexibility index (Phi) is 2.59. The second-order valence-corrected chi connectivity index (χ2v) is 4.34. The van der Waals surface area contributed by atoms with E-state index in [1.54, 1.807) is 7.11 Å². The van der Waals surface area contributed by atoms with Crippen molar-refractivity contribution in [3.05, 3.63) is 28.2 Å². The standard InChI is InChI=1S/C11H11BrO2/c1-14-8-4-5-9(10(12)6-8)11(13)7-2-3-7/h4-7H,2-3H2,1H3. The van der Waals surface area contributed by atoms with Gasteiger partial charge < -0.3 is 4.74 Å². The molecule has 1 saturated carbocycles. The van der Waals surface area contributed by atoms with Crippen molar-refractivity contribution in [2.45, 2.75) is 12.8 Å². The second-order valence-electron chi connectivity index (χ2n) is 3.48. The van der Waals surface area contributed by atoms with Gasteiger partial charge in [-0.1, -0.05) is 0 Å². The zero-order valence-corrected chi connectivity index (χ0v) is 9.50. The maximum absolute atomic E-state index is 11.8. The molecule has 0 spiro atoms. The number of methoxy groups -OCH3 is 1. The smallest absolute Gasteiger partial charge is 0.167 e. The van der Waals surface area contributed by atoms with E-state index in [1.807, 2.05) is 18.2 Å². The number of carbonyl (C=O) groups excluding carboxylic acids is 1. The van der Waals surface area contributed by atoms with Gasteiger partial charge in [-0.25, -0.2) is 0 Å². The molecule has 0 amide bonds. The van der Waals surface area contributed by atoms with Crippen molar-refractivity contribution >= 4 is 21.7 Å². The number of benzene rings is 1. The fourth-order valence-electron chi connectivity index (χ4n) is 1.39. The van der Waals surface area contributed by atoms with Crippen molar-refractivity contribution in [3.63, 3.8) is 0 Å². The van der Waals surface area contributed by atoms with Gasteiger partial charge in [0, 0.05) is 16.0 Å². The van der Waals surface area contributed by atoms with E-state index in [2.05, 4.69) is 15.9 Å². The molecule has 0 heterocycles. The number of hydrogen-bond acceptors (Lipinski definition) is 2. The molecule has 74 valence electrons. The molecule has 14 heavy (non-hydrogen) atoms. The molecule has 1 aromatic carbocycles. The van der Waals surface area contributed by atoms with Crippen LogP contribution in [0.3, 0.4) is 0 Å². The zero-order valence-electron chi connectivity index (χ0n) is 7.92. The number of hydrogen-bond donors (Lipinski definition) is 0. The van der Waals surface area contributed by atoms with Crippen LogP contribution in [0.15, 0.2) is 22.7 Å². The lowest BCUT2D eigenvalue weighted by Gasteiger charge is -2.04. The molecule has 2 nitrogen and oxygen atoms in total. The number of rotatable bonds is 3. The Bertz CT molecular complexity index is 370. The van der Waals surface area contributed by atoms with Crippen molar-refractivity contribution in [1.29, 1.82) is 0 Å². The lowest BCUT2D eigenvalue weighted by molar-refractivity contribution is 0.0967. The number of ether oxygens (including phenoxy) is 1. The first-order valence-electron chi connectivity index (χ1n) is 4.60. The van der Waals surface area contributed by atoms with Gasteiger partial charge in [-0.05, 0) is 47.0 Å². The van der Waals surface area contributed by atoms with E-state index in [-0.39, 0.29) is 11.7 Å². The molecule has 0 atom stereocenters. The molecule has 1 aliphatic carbocycles. The summed E-state index contributed by atoms with van der Waals surface area (Å²) in [5.74, 6) is 1.28. The first-order chi connectivity index (χ1) is 6.72. The lowest BCUT2D eigenvalue weighted by atomic mass is 10.1. The molecule has 0 bridgehead atoms. The third-order valence-corrected chi connectivity index (χ3v) is 3.05. The Morgan fingerprint density at radius 2 is 2.21 bits per heavy atom. The van der Waals surface area contributed by atoms with Gasteiger partial charge in [0.25, 0.3) is 0 Å². The fourth-order valence-corrected chi connectivity index (χ4v) is 1.94. The van der Waals surface area contributed by atoms with Crippen LogP contribution in [0.25, 0.3) is 0 Å². The van der Waals surface area contributed by atoms with Crippen LogP contribution in [0.5, 0.6) is 5.75 Å². The quantitative estimate of drug-likeness (QED) is 0.776. The first kappa shape index (κ1) is 9.71. The molecule has 0 N–H and O–H groups in total. The average Bonchev–Trinajstić information content (AvgIpc) is 3.00. The summed E-state index contributed by atoms with van der Waals surface area (Å²) >= 11 is 3.38. The summed E-state index contributed by atoms with van der Waals surface area (Å²) < 4.78 is 5.89. The number of halogens is 1. The molecular weight excluding hydrogens is 244 g/mol. The monoisotopic (exact) mass is 254 g/mol. The van der Waals surface area contributed by atoms with E-state index in [0.29, 0.717) is 0 Å². The molecule has 0 aromatic heterocycles. The van der Waals surface area contributed by atoms with Crippen LogP contribution in [0.2, 0.25) is 0 Å². The van der Waals surface area contributed by atoms with Gasteiger partial charge in [0.1, 0.15) is 5.75 Å². The molecule has 2 rings (SSSR count). The zero-order chi connectivity index (χ0) is 10.1. The van der Waals surface area contributed by atoms with Gasteiger partial charge in [-0.3, -0.25) is 4.79 Å². The van der Waals surface area contributed by atoms with Gasteiger partial charge in [-0.2, -0.15) is 0 Å². The van der Waals surface area contributed by atoms with Gasteiger partial charge in [0.2, 0.25) is 0 Å². The Morgan fingerprint density at radius 1 is 1.50 bits per heavy atom. The fraction of sp³-hybridized carbons (Fsp3) is 0.364. The molecule has 0 radical (unpaired) electrons. The summed E-state index contributed by atoms with van der Waals surface area (Å²) in [5.41, 5.74) is 0.772. The number of carbonyl (C=O) groups is 1. The second kappa shape index (κ2) is 3.73.